The average molecular weight is 408 g/mol. The topological polar surface area (TPSA) is 78.5 Å². The number of nitrogens with one attached hydrogen (secondary N) is 2. The lowest BCUT2D eigenvalue weighted by atomic mass is 10.2. The molecule has 0 aliphatic carbocycles. The molecular formula is C19H22ClN3O3S. The second-order valence-electron chi connectivity index (χ2n) is 6.43. The van der Waals surface area contributed by atoms with E-state index in [1.54, 1.807) is 40.7 Å². The molecule has 2 aromatic carbocycles. The van der Waals surface area contributed by atoms with Crippen LogP contribution >= 0.6 is 11.6 Å². The van der Waals surface area contributed by atoms with Gasteiger partial charge in [-0.2, -0.15) is 4.31 Å². The van der Waals surface area contributed by atoms with Gasteiger partial charge in [0.15, 0.2) is 0 Å². The summed E-state index contributed by atoms with van der Waals surface area (Å²) in [6, 6.07) is 12.6. The maximum absolute atomic E-state index is 12.8. The second-order valence-corrected chi connectivity index (χ2v) is 8.80. The van der Waals surface area contributed by atoms with E-state index in [0.717, 1.165) is 25.7 Å². The molecule has 1 aliphatic heterocycles. The summed E-state index contributed by atoms with van der Waals surface area (Å²) in [7, 11) is -3.49. The molecule has 27 heavy (non-hydrogen) atoms. The summed E-state index contributed by atoms with van der Waals surface area (Å²) in [6.07, 6.45) is 3.92. The standard InChI is InChI=1S/C19H22ClN3O3S/c20-15-5-7-16(8-6-15)21-19(24)22-17-9-11-18(12-10-17)27(25,26)23-13-3-1-2-4-14-23/h5-12H,1-4,13-14H2,(H2,21,22,24). The minimum Gasteiger partial charge on any atom is -0.308 e. The second kappa shape index (κ2) is 8.73. The molecule has 0 bridgehead atoms. The van der Waals surface area contributed by atoms with Crippen molar-refractivity contribution in [2.24, 2.45) is 0 Å². The first-order valence-corrected chi connectivity index (χ1v) is 10.7. The Morgan fingerprint density at radius 3 is 1.81 bits per heavy atom. The maximum Gasteiger partial charge on any atom is 0.323 e. The van der Waals surface area contributed by atoms with Gasteiger partial charge < -0.3 is 10.6 Å². The van der Waals surface area contributed by atoms with Crippen LogP contribution in [0.3, 0.4) is 0 Å². The molecule has 2 aromatic rings. The smallest absolute Gasteiger partial charge is 0.308 e. The van der Waals surface area contributed by atoms with Crippen LogP contribution in [0.1, 0.15) is 25.7 Å². The van der Waals surface area contributed by atoms with E-state index in [9.17, 15) is 13.2 Å². The fourth-order valence-corrected chi connectivity index (χ4v) is 4.61. The van der Waals surface area contributed by atoms with Crippen LogP contribution < -0.4 is 10.6 Å². The minimum atomic E-state index is -3.49. The third kappa shape index (κ3) is 5.22. The molecule has 144 valence electrons. The largest absolute Gasteiger partial charge is 0.323 e. The normalized spacial score (nSPS) is 15.7. The molecule has 2 N–H and O–H groups in total. The number of benzene rings is 2. The van der Waals surface area contributed by atoms with Gasteiger partial charge in [0.2, 0.25) is 10.0 Å². The predicted molar refractivity (Wildman–Crippen MR) is 108 cm³/mol. The van der Waals surface area contributed by atoms with Crippen molar-refractivity contribution in [3.63, 3.8) is 0 Å². The Hall–Kier alpha value is -2.09. The number of halogens is 1. The Balaban J connectivity index is 1.64. The molecule has 1 saturated heterocycles. The van der Waals surface area contributed by atoms with E-state index in [-0.39, 0.29) is 4.90 Å². The van der Waals surface area contributed by atoms with Crippen molar-refractivity contribution < 1.29 is 13.2 Å². The molecule has 1 aliphatic rings. The highest BCUT2D eigenvalue weighted by Gasteiger charge is 2.24. The number of anilines is 2. The van der Waals surface area contributed by atoms with Crippen LogP contribution in [-0.2, 0) is 10.0 Å². The SMILES string of the molecule is O=C(Nc1ccc(Cl)cc1)Nc1ccc(S(=O)(=O)N2CCCCCC2)cc1. The lowest BCUT2D eigenvalue weighted by molar-refractivity contribution is 0.262. The summed E-state index contributed by atoms with van der Waals surface area (Å²) in [6.45, 7) is 1.12. The van der Waals surface area contributed by atoms with Gasteiger partial charge in [-0.25, -0.2) is 13.2 Å². The van der Waals surface area contributed by atoms with Gasteiger partial charge >= 0.3 is 6.03 Å². The van der Waals surface area contributed by atoms with Crippen LogP contribution in [0.25, 0.3) is 0 Å². The molecule has 0 aromatic heterocycles. The molecule has 1 heterocycles. The molecule has 3 rings (SSSR count). The summed E-state index contributed by atoms with van der Waals surface area (Å²) >= 11 is 5.81. The molecular weight excluding hydrogens is 386 g/mol. The Bertz CT molecular complexity index is 875. The van der Waals surface area contributed by atoms with Crippen LogP contribution in [0.2, 0.25) is 5.02 Å². The molecule has 2 amide bonds. The van der Waals surface area contributed by atoms with Gasteiger partial charge in [-0.15, -0.1) is 0 Å². The third-order valence-electron chi connectivity index (χ3n) is 4.42. The molecule has 0 spiro atoms. The minimum absolute atomic E-state index is 0.244. The van der Waals surface area contributed by atoms with Gasteiger partial charge in [0.05, 0.1) is 4.90 Å². The van der Waals surface area contributed by atoms with E-state index in [1.165, 1.54) is 12.1 Å². The monoisotopic (exact) mass is 407 g/mol. The van der Waals surface area contributed by atoms with Crippen molar-refractivity contribution in [2.75, 3.05) is 23.7 Å². The first-order valence-electron chi connectivity index (χ1n) is 8.89. The molecule has 8 heteroatoms. The first kappa shape index (κ1) is 19.7. The highest BCUT2D eigenvalue weighted by Crippen LogP contribution is 2.22. The van der Waals surface area contributed by atoms with E-state index in [2.05, 4.69) is 10.6 Å². The predicted octanol–water partition coefficient (Wildman–Crippen LogP) is 4.55. The van der Waals surface area contributed by atoms with Crippen molar-refractivity contribution >= 4 is 39.0 Å². The number of rotatable bonds is 4. The van der Waals surface area contributed by atoms with Crippen LogP contribution in [0.15, 0.2) is 53.4 Å². The summed E-state index contributed by atoms with van der Waals surface area (Å²) in [5.74, 6) is 0. The lowest BCUT2D eigenvalue weighted by Gasteiger charge is -2.20. The molecule has 1 fully saturated rings. The number of carbonyl (C=O) groups excluding carboxylic acids is 1. The van der Waals surface area contributed by atoms with Crippen molar-refractivity contribution in [1.82, 2.24) is 4.31 Å². The maximum atomic E-state index is 12.8. The van der Waals surface area contributed by atoms with Gasteiger partial charge in [-0.3, -0.25) is 0 Å². The van der Waals surface area contributed by atoms with Crippen LogP contribution in [0.4, 0.5) is 16.2 Å². The lowest BCUT2D eigenvalue weighted by Crippen LogP contribution is -2.31. The Kier molecular flexibility index (Phi) is 6.36. The molecule has 0 atom stereocenters. The van der Waals surface area contributed by atoms with Gasteiger partial charge in [0.1, 0.15) is 0 Å². The van der Waals surface area contributed by atoms with Gasteiger partial charge in [0, 0.05) is 29.5 Å². The van der Waals surface area contributed by atoms with Gasteiger partial charge in [-0.05, 0) is 61.4 Å². The van der Waals surface area contributed by atoms with Crippen molar-refractivity contribution in [1.29, 1.82) is 0 Å². The van der Waals surface area contributed by atoms with E-state index >= 15 is 0 Å². The van der Waals surface area contributed by atoms with E-state index < -0.39 is 16.1 Å². The molecule has 6 nitrogen and oxygen atoms in total. The van der Waals surface area contributed by atoms with Crippen molar-refractivity contribution in [3.8, 4) is 0 Å². The molecule has 0 saturated carbocycles. The van der Waals surface area contributed by atoms with Crippen LogP contribution in [0, 0.1) is 0 Å². The number of hydrogen-bond donors (Lipinski definition) is 2. The Morgan fingerprint density at radius 2 is 1.30 bits per heavy atom. The van der Waals surface area contributed by atoms with Gasteiger partial charge in [0.25, 0.3) is 0 Å². The average Bonchev–Trinajstić information content (AvgIpc) is 2.94. The van der Waals surface area contributed by atoms with Gasteiger partial charge in [-0.1, -0.05) is 24.4 Å². The number of nitrogens with zero attached hydrogens (tertiary/aromatic N) is 1. The Labute approximate surface area is 164 Å². The number of hydrogen-bond acceptors (Lipinski definition) is 3. The van der Waals surface area contributed by atoms with E-state index in [4.69, 9.17) is 11.6 Å². The first-order chi connectivity index (χ1) is 12.9. The van der Waals surface area contributed by atoms with Crippen molar-refractivity contribution in [2.45, 2.75) is 30.6 Å². The zero-order chi connectivity index (χ0) is 19.3. The molecule has 0 unspecified atom stereocenters. The zero-order valence-corrected chi connectivity index (χ0v) is 16.4. The number of urea groups is 1. The summed E-state index contributed by atoms with van der Waals surface area (Å²) in [4.78, 5) is 12.3. The van der Waals surface area contributed by atoms with Crippen molar-refractivity contribution in [3.05, 3.63) is 53.6 Å². The number of amides is 2. The van der Waals surface area contributed by atoms with Crippen LogP contribution in [0.5, 0.6) is 0 Å². The van der Waals surface area contributed by atoms with E-state index in [0.29, 0.717) is 29.5 Å². The summed E-state index contributed by atoms with van der Waals surface area (Å²) in [5, 5.41) is 5.95. The quantitative estimate of drug-likeness (QED) is 0.780. The highest BCUT2D eigenvalue weighted by atomic mass is 35.5. The Morgan fingerprint density at radius 1 is 0.815 bits per heavy atom. The third-order valence-corrected chi connectivity index (χ3v) is 6.58. The number of sulfonamides is 1. The zero-order valence-electron chi connectivity index (χ0n) is 14.8. The summed E-state index contributed by atoms with van der Waals surface area (Å²) in [5.41, 5.74) is 1.12. The fourth-order valence-electron chi connectivity index (χ4n) is 2.97. The summed E-state index contributed by atoms with van der Waals surface area (Å²) < 4.78 is 27.1. The highest BCUT2D eigenvalue weighted by molar-refractivity contribution is 7.89. The molecule has 0 radical (unpaired) electrons. The number of carbonyl (C=O) groups is 1. The van der Waals surface area contributed by atoms with E-state index in [1.807, 2.05) is 0 Å². The fraction of sp³-hybridized carbons (Fsp3) is 0.316. The van der Waals surface area contributed by atoms with Crippen LogP contribution in [-0.4, -0.2) is 31.8 Å².